The number of aromatic amines is 1. The Kier molecular flexibility index (Phi) is 3.86. The number of H-pyrrole nitrogens is 1. The van der Waals surface area contributed by atoms with Crippen LogP contribution in [0.15, 0.2) is 42.9 Å². The molecule has 3 aromatic heterocycles. The fourth-order valence-corrected chi connectivity index (χ4v) is 4.38. The number of rotatable bonds is 3. The number of aliphatic hydroxyl groups is 1. The van der Waals surface area contributed by atoms with E-state index in [4.69, 9.17) is 10.7 Å². The van der Waals surface area contributed by atoms with Gasteiger partial charge in [-0.2, -0.15) is 0 Å². The predicted molar refractivity (Wildman–Crippen MR) is 106 cm³/mol. The molecule has 0 atom stereocenters. The van der Waals surface area contributed by atoms with Gasteiger partial charge in [0.05, 0.1) is 0 Å². The normalized spacial score (nSPS) is 20.5. The molecule has 1 aromatic carbocycles. The average molecular weight is 361 g/mol. The van der Waals surface area contributed by atoms with Crippen molar-refractivity contribution in [3.63, 3.8) is 0 Å². The third-order valence-corrected chi connectivity index (χ3v) is 5.91. The van der Waals surface area contributed by atoms with Crippen molar-refractivity contribution in [2.45, 2.75) is 31.6 Å². The molecular formula is C21H23N5O. The van der Waals surface area contributed by atoms with Crippen LogP contribution in [0, 0.1) is 5.92 Å². The molecule has 6 heteroatoms. The molecule has 27 heavy (non-hydrogen) atoms. The molecule has 0 aliphatic heterocycles. The van der Waals surface area contributed by atoms with Gasteiger partial charge in [0.2, 0.25) is 0 Å². The Hall–Kier alpha value is -2.86. The Morgan fingerprint density at radius 1 is 1.19 bits per heavy atom. The number of aliphatic hydroxyl groups excluding tert-OH is 1. The van der Waals surface area contributed by atoms with Gasteiger partial charge >= 0.3 is 0 Å². The second-order valence-corrected chi connectivity index (χ2v) is 7.53. The zero-order valence-electron chi connectivity index (χ0n) is 15.1. The second-order valence-electron chi connectivity index (χ2n) is 7.53. The quantitative estimate of drug-likeness (QED) is 0.518. The van der Waals surface area contributed by atoms with Crippen LogP contribution in [0.1, 0.15) is 37.4 Å². The molecule has 1 fully saturated rings. The molecular weight excluding hydrogens is 338 g/mol. The Morgan fingerprint density at radius 2 is 2.04 bits per heavy atom. The number of fused-ring (bicyclic) bond motifs is 2. The van der Waals surface area contributed by atoms with Crippen LogP contribution < -0.4 is 5.73 Å². The third kappa shape index (κ3) is 2.68. The van der Waals surface area contributed by atoms with Crippen LogP contribution in [0.4, 0.5) is 5.82 Å². The minimum Gasteiger partial charge on any atom is -0.396 e. The number of imidazole rings is 1. The van der Waals surface area contributed by atoms with Crippen LogP contribution in [-0.2, 0) is 0 Å². The van der Waals surface area contributed by atoms with Gasteiger partial charge in [0.15, 0.2) is 0 Å². The van der Waals surface area contributed by atoms with E-state index in [0.717, 1.165) is 59.2 Å². The molecule has 3 heterocycles. The molecule has 1 aliphatic rings. The minimum atomic E-state index is 0.286. The summed E-state index contributed by atoms with van der Waals surface area (Å²) in [4.78, 5) is 12.6. The summed E-state index contributed by atoms with van der Waals surface area (Å²) in [7, 11) is 0. The lowest BCUT2D eigenvalue weighted by Gasteiger charge is -2.26. The van der Waals surface area contributed by atoms with Gasteiger partial charge in [-0.3, -0.25) is 4.40 Å². The van der Waals surface area contributed by atoms with Gasteiger partial charge in [-0.15, -0.1) is 0 Å². The largest absolute Gasteiger partial charge is 0.396 e. The van der Waals surface area contributed by atoms with E-state index in [1.165, 1.54) is 0 Å². The number of nitrogens with one attached hydrogen (secondary N) is 1. The topological polar surface area (TPSA) is 92.2 Å². The van der Waals surface area contributed by atoms with E-state index < -0.39 is 0 Å². The Morgan fingerprint density at radius 3 is 2.85 bits per heavy atom. The molecule has 0 unspecified atom stereocenters. The Bertz CT molecular complexity index is 1100. The Balaban J connectivity index is 1.64. The molecule has 4 N–H and O–H groups in total. The summed E-state index contributed by atoms with van der Waals surface area (Å²) in [6.45, 7) is 0.286. The summed E-state index contributed by atoms with van der Waals surface area (Å²) >= 11 is 0. The number of nitrogen functional groups attached to an aromatic ring is 1. The van der Waals surface area contributed by atoms with Gasteiger partial charge in [-0.1, -0.05) is 6.07 Å². The van der Waals surface area contributed by atoms with E-state index in [0.29, 0.717) is 17.7 Å². The van der Waals surface area contributed by atoms with Crippen LogP contribution in [-0.4, -0.2) is 31.1 Å². The molecule has 138 valence electrons. The number of benzene rings is 1. The molecule has 0 saturated heterocycles. The van der Waals surface area contributed by atoms with E-state index in [9.17, 15) is 5.11 Å². The van der Waals surface area contributed by atoms with E-state index >= 15 is 0 Å². The monoisotopic (exact) mass is 361 g/mol. The number of anilines is 1. The van der Waals surface area contributed by atoms with Gasteiger partial charge in [-0.05, 0) is 49.8 Å². The Labute approximate surface area is 157 Å². The first-order valence-electron chi connectivity index (χ1n) is 9.55. The van der Waals surface area contributed by atoms with Crippen molar-refractivity contribution >= 4 is 22.2 Å². The van der Waals surface area contributed by atoms with E-state index in [2.05, 4.69) is 38.6 Å². The van der Waals surface area contributed by atoms with E-state index in [1.54, 1.807) is 6.20 Å². The fourth-order valence-electron chi connectivity index (χ4n) is 4.38. The molecule has 4 aromatic rings. The summed E-state index contributed by atoms with van der Waals surface area (Å²) in [6, 6.07) is 8.37. The first kappa shape index (κ1) is 16.3. The highest BCUT2D eigenvalue weighted by atomic mass is 16.3. The summed E-state index contributed by atoms with van der Waals surface area (Å²) in [5, 5.41) is 10.6. The fraction of sp³-hybridized carbons (Fsp3) is 0.333. The van der Waals surface area contributed by atoms with Gasteiger partial charge in [0.1, 0.15) is 22.9 Å². The van der Waals surface area contributed by atoms with Crippen molar-refractivity contribution in [1.29, 1.82) is 0 Å². The molecule has 0 amide bonds. The number of nitrogens with two attached hydrogens (primary N) is 1. The minimum absolute atomic E-state index is 0.286. The highest BCUT2D eigenvalue weighted by Crippen LogP contribution is 2.38. The SMILES string of the molecule is Nc1nccn2c1c(-c1ccc3[nH]ccc3c1)nc2[C@H]1CC[C@H](CO)CC1. The summed E-state index contributed by atoms with van der Waals surface area (Å²) in [5.41, 5.74) is 10.2. The first-order valence-corrected chi connectivity index (χ1v) is 9.55. The molecule has 6 nitrogen and oxygen atoms in total. The lowest BCUT2D eigenvalue weighted by atomic mass is 9.82. The summed E-state index contributed by atoms with van der Waals surface area (Å²) in [6.07, 6.45) is 9.82. The van der Waals surface area contributed by atoms with Gasteiger partial charge in [0.25, 0.3) is 0 Å². The van der Waals surface area contributed by atoms with Crippen molar-refractivity contribution in [3.8, 4) is 11.3 Å². The lowest BCUT2D eigenvalue weighted by molar-refractivity contribution is 0.181. The lowest BCUT2D eigenvalue weighted by Crippen LogP contribution is -2.17. The maximum atomic E-state index is 9.43. The molecule has 1 saturated carbocycles. The van der Waals surface area contributed by atoms with Crippen LogP contribution in [0.25, 0.3) is 27.7 Å². The zero-order chi connectivity index (χ0) is 18.4. The predicted octanol–water partition coefficient (Wildman–Crippen LogP) is 3.73. The zero-order valence-corrected chi connectivity index (χ0v) is 15.1. The van der Waals surface area contributed by atoms with Crippen molar-refractivity contribution < 1.29 is 5.11 Å². The number of hydrogen-bond donors (Lipinski definition) is 3. The van der Waals surface area contributed by atoms with Crippen LogP contribution in [0.3, 0.4) is 0 Å². The summed E-state index contributed by atoms with van der Waals surface area (Å²) < 4.78 is 2.11. The van der Waals surface area contributed by atoms with E-state index in [1.807, 2.05) is 12.4 Å². The molecule has 5 rings (SSSR count). The molecule has 0 spiro atoms. The standard InChI is InChI=1S/C21H23N5O/c22-20-19-18(16-5-6-17-15(11-16)7-8-23-17)25-21(26(19)10-9-24-20)14-3-1-13(12-27)2-4-14/h5-11,13-14,23,27H,1-4,12H2,(H2,22,24)/t13-,14-. The summed E-state index contributed by atoms with van der Waals surface area (Å²) in [5.74, 6) is 2.37. The molecule has 0 bridgehead atoms. The molecule has 1 aliphatic carbocycles. The third-order valence-electron chi connectivity index (χ3n) is 5.91. The maximum Gasteiger partial charge on any atom is 0.150 e. The van der Waals surface area contributed by atoms with Crippen LogP contribution in [0.2, 0.25) is 0 Å². The number of aromatic nitrogens is 4. The maximum absolute atomic E-state index is 9.43. The van der Waals surface area contributed by atoms with Crippen LogP contribution in [0.5, 0.6) is 0 Å². The van der Waals surface area contributed by atoms with Crippen molar-refractivity contribution in [3.05, 3.63) is 48.7 Å². The number of nitrogens with zero attached hydrogens (tertiary/aromatic N) is 3. The highest BCUT2D eigenvalue weighted by Gasteiger charge is 2.27. The highest BCUT2D eigenvalue weighted by molar-refractivity contribution is 5.91. The first-order chi connectivity index (χ1) is 13.2. The molecule has 0 radical (unpaired) electrons. The van der Waals surface area contributed by atoms with Crippen molar-refractivity contribution in [1.82, 2.24) is 19.4 Å². The van der Waals surface area contributed by atoms with Crippen LogP contribution >= 0.6 is 0 Å². The van der Waals surface area contributed by atoms with Crippen molar-refractivity contribution in [2.75, 3.05) is 12.3 Å². The van der Waals surface area contributed by atoms with Crippen molar-refractivity contribution in [2.24, 2.45) is 5.92 Å². The van der Waals surface area contributed by atoms with Gasteiger partial charge in [0, 0.05) is 47.6 Å². The van der Waals surface area contributed by atoms with E-state index in [-0.39, 0.29) is 6.61 Å². The van der Waals surface area contributed by atoms with Gasteiger partial charge < -0.3 is 15.8 Å². The second kappa shape index (κ2) is 6.39. The number of hydrogen-bond acceptors (Lipinski definition) is 4. The smallest absolute Gasteiger partial charge is 0.150 e. The van der Waals surface area contributed by atoms with Gasteiger partial charge in [-0.25, -0.2) is 9.97 Å². The average Bonchev–Trinajstić information content (AvgIpc) is 3.33.